The molecule has 3 heteroatoms. The number of hydrogen-bond donors (Lipinski definition) is 0. The Morgan fingerprint density at radius 3 is 1.70 bits per heavy atom. The maximum atomic E-state index is 13.6. The normalized spacial score (nSPS) is 12.4. The lowest BCUT2D eigenvalue weighted by atomic mass is 9.80. The summed E-state index contributed by atoms with van der Waals surface area (Å²) in [6.07, 6.45) is 0.202. The van der Waals surface area contributed by atoms with Gasteiger partial charge in [-0.25, -0.2) is 8.42 Å². The fraction of sp³-hybridized carbons (Fsp3) is 0.243. The van der Waals surface area contributed by atoms with Crippen LogP contribution < -0.4 is 0 Å². The minimum atomic E-state index is -3.60. The maximum Gasteiger partial charge on any atom is 0.186 e. The van der Waals surface area contributed by atoms with Gasteiger partial charge < -0.3 is 0 Å². The summed E-state index contributed by atoms with van der Waals surface area (Å²) in [6, 6.07) is 34.7. The van der Waals surface area contributed by atoms with Crippen molar-refractivity contribution in [3.05, 3.63) is 137 Å². The van der Waals surface area contributed by atoms with Crippen molar-refractivity contribution in [2.75, 3.05) is 0 Å². The van der Waals surface area contributed by atoms with E-state index in [0.717, 1.165) is 22.3 Å². The molecule has 0 aliphatic rings. The highest BCUT2D eigenvalue weighted by Gasteiger charge is 2.28. The second-order valence-electron chi connectivity index (χ2n) is 11.2. The predicted molar refractivity (Wildman–Crippen MR) is 166 cm³/mol. The molecule has 2 nitrogen and oxygen atoms in total. The van der Waals surface area contributed by atoms with Crippen molar-refractivity contribution in [1.29, 1.82) is 0 Å². The van der Waals surface area contributed by atoms with E-state index in [9.17, 15) is 8.42 Å². The van der Waals surface area contributed by atoms with Crippen molar-refractivity contribution in [2.24, 2.45) is 0 Å². The lowest BCUT2D eigenvalue weighted by molar-refractivity contribution is 0.583. The molecule has 0 spiro atoms. The monoisotopic (exact) mass is 544 g/mol. The smallest absolute Gasteiger partial charge is 0.186 e. The van der Waals surface area contributed by atoms with E-state index < -0.39 is 15.1 Å². The molecule has 0 heterocycles. The van der Waals surface area contributed by atoms with Crippen LogP contribution in [0.1, 0.15) is 67.2 Å². The van der Waals surface area contributed by atoms with Gasteiger partial charge in [0.25, 0.3) is 0 Å². The van der Waals surface area contributed by atoms with Crippen molar-refractivity contribution >= 4 is 9.84 Å². The van der Waals surface area contributed by atoms with Crippen LogP contribution in [-0.2, 0) is 20.7 Å². The highest BCUT2D eigenvalue weighted by atomic mass is 32.2. The second kappa shape index (κ2) is 12.0. The van der Waals surface area contributed by atoms with Crippen molar-refractivity contribution in [2.45, 2.75) is 62.0 Å². The van der Waals surface area contributed by atoms with Crippen LogP contribution in [0.15, 0.2) is 114 Å². The maximum absolute atomic E-state index is 13.6. The lowest BCUT2D eigenvalue weighted by Gasteiger charge is -2.22. The zero-order valence-electron chi connectivity index (χ0n) is 23.9. The molecule has 0 amide bonds. The molecule has 0 fully saturated rings. The summed E-state index contributed by atoms with van der Waals surface area (Å²) in [7, 11) is -3.60. The minimum Gasteiger partial charge on any atom is -0.223 e. The van der Waals surface area contributed by atoms with Crippen LogP contribution in [0.25, 0.3) is 0 Å². The first-order valence-electron chi connectivity index (χ1n) is 13.5. The Bertz CT molecular complexity index is 1660. The van der Waals surface area contributed by atoms with Crippen LogP contribution in [0.3, 0.4) is 0 Å². The number of hydrogen-bond acceptors (Lipinski definition) is 2. The van der Waals surface area contributed by atoms with E-state index in [1.165, 1.54) is 5.56 Å². The van der Waals surface area contributed by atoms with E-state index in [4.69, 9.17) is 0 Å². The van der Waals surface area contributed by atoms with Crippen molar-refractivity contribution in [3.63, 3.8) is 0 Å². The molecule has 40 heavy (non-hydrogen) atoms. The van der Waals surface area contributed by atoms with Gasteiger partial charge in [0.15, 0.2) is 9.84 Å². The van der Waals surface area contributed by atoms with Crippen LogP contribution in [0.2, 0.25) is 0 Å². The Balaban J connectivity index is 1.54. The van der Waals surface area contributed by atoms with Crippen LogP contribution in [0.4, 0.5) is 0 Å². The second-order valence-corrected chi connectivity index (χ2v) is 13.3. The van der Waals surface area contributed by atoms with Gasteiger partial charge in [0.2, 0.25) is 0 Å². The quantitative estimate of drug-likeness (QED) is 0.229. The Morgan fingerprint density at radius 2 is 1.15 bits per heavy atom. The van der Waals surface area contributed by atoms with Gasteiger partial charge in [-0.1, -0.05) is 114 Å². The van der Waals surface area contributed by atoms with Gasteiger partial charge in [0.1, 0.15) is 5.25 Å². The first-order valence-corrected chi connectivity index (χ1v) is 15.1. The third-order valence-corrected chi connectivity index (χ3v) is 9.32. The zero-order valence-corrected chi connectivity index (χ0v) is 24.7. The van der Waals surface area contributed by atoms with E-state index in [1.807, 2.05) is 67.6 Å². The summed E-state index contributed by atoms with van der Waals surface area (Å²) < 4.78 is 27.1. The Hall–Kier alpha value is -4.05. The molecule has 0 aliphatic carbocycles. The first kappa shape index (κ1) is 28.9. The summed E-state index contributed by atoms with van der Waals surface area (Å²) in [5.74, 6) is 13.3. The van der Waals surface area contributed by atoms with Gasteiger partial charge in [0, 0.05) is 12.0 Å². The lowest BCUT2D eigenvalue weighted by Crippen LogP contribution is -2.18. The molecule has 0 radical (unpaired) electrons. The molecule has 4 aromatic rings. The average Bonchev–Trinajstić information content (AvgIpc) is 2.96. The van der Waals surface area contributed by atoms with Crippen LogP contribution in [0, 0.1) is 30.6 Å². The largest absolute Gasteiger partial charge is 0.223 e. The predicted octanol–water partition coefficient (Wildman–Crippen LogP) is 8.21. The highest BCUT2D eigenvalue weighted by Crippen LogP contribution is 2.32. The third kappa shape index (κ3) is 6.93. The fourth-order valence-corrected chi connectivity index (χ4v) is 6.17. The fourth-order valence-electron chi connectivity index (χ4n) is 4.49. The van der Waals surface area contributed by atoms with Crippen LogP contribution in [-0.4, -0.2) is 8.42 Å². The molecular weight excluding hydrogens is 508 g/mol. The Kier molecular flexibility index (Phi) is 8.68. The molecule has 0 saturated heterocycles. The summed E-state index contributed by atoms with van der Waals surface area (Å²) >= 11 is 0. The molecule has 4 aromatic carbocycles. The van der Waals surface area contributed by atoms with Gasteiger partial charge >= 0.3 is 0 Å². The average molecular weight is 545 g/mol. The number of benzene rings is 4. The Labute approximate surface area is 240 Å². The molecular formula is C37H36O2S. The topological polar surface area (TPSA) is 34.1 Å². The number of rotatable bonds is 6. The van der Waals surface area contributed by atoms with Gasteiger partial charge in [-0.3, -0.25) is 0 Å². The van der Waals surface area contributed by atoms with Crippen molar-refractivity contribution in [1.82, 2.24) is 0 Å². The summed E-state index contributed by atoms with van der Waals surface area (Å²) in [6.45, 7) is 10.5. The molecule has 0 N–H and O–H groups in total. The molecule has 4 rings (SSSR count). The van der Waals surface area contributed by atoms with Gasteiger partial charge in [-0.15, -0.1) is 0 Å². The molecule has 1 unspecified atom stereocenters. The van der Waals surface area contributed by atoms with E-state index in [1.54, 1.807) is 24.3 Å². The zero-order chi connectivity index (χ0) is 28.8. The molecule has 0 aliphatic heterocycles. The van der Waals surface area contributed by atoms with Crippen molar-refractivity contribution in [3.8, 4) is 23.7 Å². The van der Waals surface area contributed by atoms with Gasteiger partial charge in [0.05, 0.1) is 15.7 Å². The first-order chi connectivity index (χ1) is 19.0. The Morgan fingerprint density at radius 1 is 0.650 bits per heavy atom. The summed E-state index contributed by atoms with van der Waals surface area (Å²) in [5, 5.41) is -0.746. The van der Waals surface area contributed by atoms with Crippen LogP contribution >= 0.6 is 0 Å². The summed E-state index contributed by atoms with van der Waals surface area (Å²) in [5.41, 5.74) is 4.40. The number of aryl methyl sites for hydroxylation is 1. The van der Waals surface area contributed by atoms with E-state index in [-0.39, 0.29) is 17.3 Å². The van der Waals surface area contributed by atoms with Crippen molar-refractivity contribution < 1.29 is 8.42 Å². The van der Waals surface area contributed by atoms with E-state index >= 15 is 0 Å². The highest BCUT2D eigenvalue weighted by molar-refractivity contribution is 7.91. The molecule has 1 atom stereocenters. The molecule has 0 saturated carbocycles. The standard InChI is InChI=1S/C37H36O2S/c1-29-19-23-31(24-20-29)35(40(38,39)34-16-10-7-11-17-34)18-12-13-30-21-25-33(26-22-30)37(4,5)28-27-36(2,3)32-14-8-6-9-15-32/h6-11,14-17,19-26,35H,18H2,1-5H3. The molecule has 0 bridgehead atoms. The number of sulfone groups is 1. The van der Waals surface area contributed by atoms with Crippen LogP contribution in [0.5, 0.6) is 0 Å². The minimum absolute atomic E-state index is 0.202. The SMILES string of the molecule is Cc1ccc(C(CC#Cc2ccc(C(C)(C)C#CC(C)(C)c3ccccc3)cc2)S(=O)(=O)c2ccccc2)cc1. The van der Waals surface area contributed by atoms with Gasteiger partial charge in [-0.2, -0.15) is 0 Å². The summed E-state index contributed by atoms with van der Waals surface area (Å²) in [4.78, 5) is 0.311. The molecule has 0 aromatic heterocycles. The van der Waals surface area contributed by atoms with E-state index in [2.05, 4.69) is 75.6 Å². The van der Waals surface area contributed by atoms with E-state index in [0.29, 0.717) is 4.90 Å². The van der Waals surface area contributed by atoms with Gasteiger partial charge in [-0.05, 0) is 75.6 Å². The molecule has 202 valence electrons. The third-order valence-electron chi connectivity index (χ3n) is 7.21.